The Morgan fingerprint density at radius 3 is 3.08 bits per heavy atom. The van der Waals surface area contributed by atoms with Crippen LogP contribution in [0.15, 0.2) is 34.4 Å². The van der Waals surface area contributed by atoms with Gasteiger partial charge in [-0.2, -0.15) is 0 Å². The first-order valence-corrected chi connectivity index (χ1v) is 8.93. The highest BCUT2D eigenvalue weighted by Crippen LogP contribution is 2.36. The fourth-order valence-electron chi connectivity index (χ4n) is 3.40. The number of hydrogen-bond acceptors (Lipinski definition) is 5. The molecule has 0 aliphatic carbocycles. The van der Waals surface area contributed by atoms with Gasteiger partial charge < -0.3 is 9.64 Å². The summed E-state index contributed by atoms with van der Waals surface area (Å²) in [6.45, 7) is 3.49. The summed E-state index contributed by atoms with van der Waals surface area (Å²) >= 11 is 1.51. The maximum absolute atomic E-state index is 12.4. The van der Waals surface area contributed by atoms with Gasteiger partial charge in [-0.15, -0.1) is 11.3 Å². The number of aryl methyl sites for hydroxylation is 2. The summed E-state index contributed by atoms with van der Waals surface area (Å²) in [6.07, 6.45) is 2.15. The van der Waals surface area contributed by atoms with Crippen molar-refractivity contribution in [3.8, 4) is 5.75 Å². The van der Waals surface area contributed by atoms with Crippen molar-refractivity contribution in [2.45, 2.75) is 26.3 Å². The van der Waals surface area contributed by atoms with E-state index in [0.29, 0.717) is 6.54 Å². The van der Waals surface area contributed by atoms with Crippen molar-refractivity contribution in [2.24, 2.45) is 0 Å². The summed E-state index contributed by atoms with van der Waals surface area (Å²) in [5, 5.41) is 1.97. The lowest BCUT2D eigenvalue weighted by Crippen LogP contribution is -2.30. The SMILES string of the molecule is COc1cccc2c1N(Cc1cc(=O)n3c(C)csc3n1)CCC2. The van der Waals surface area contributed by atoms with E-state index in [4.69, 9.17) is 4.74 Å². The van der Waals surface area contributed by atoms with Crippen molar-refractivity contribution >= 4 is 22.0 Å². The van der Waals surface area contributed by atoms with Crippen molar-refractivity contribution in [1.29, 1.82) is 0 Å². The van der Waals surface area contributed by atoms with Gasteiger partial charge in [0.05, 0.1) is 25.0 Å². The van der Waals surface area contributed by atoms with Gasteiger partial charge in [-0.3, -0.25) is 9.20 Å². The Hall–Kier alpha value is -2.34. The first-order chi connectivity index (χ1) is 11.7. The molecule has 0 atom stereocenters. The van der Waals surface area contributed by atoms with Crippen LogP contribution in [0.5, 0.6) is 5.75 Å². The van der Waals surface area contributed by atoms with Crippen LogP contribution >= 0.6 is 11.3 Å². The maximum atomic E-state index is 12.4. The van der Waals surface area contributed by atoms with Gasteiger partial charge in [0.25, 0.3) is 5.56 Å². The third-order valence-corrected chi connectivity index (χ3v) is 5.42. The Morgan fingerprint density at radius 1 is 1.38 bits per heavy atom. The summed E-state index contributed by atoms with van der Waals surface area (Å²) < 4.78 is 7.22. The van der Waals surface area contributed by atoms with Crippen molar-refractivity contribution in [1.82, 2.24) is 9.38 Å². The number of anilines is 1. The number of rotatable bonds is 3. The number of thiazole rings is 1. The molecular weight excluding hydrogens is 322 g/mol. The van der Waals surface area contributed by atoms with Crippen LogP contribution in [0, 0.1) is 6.92 Å². The molecule has 124 valence electrons. The summed E-state index contributed by atoms with van der Waals surface area (Å²) in [4.78, 5) is 20.1. The Balaban J connectivity index is 1.74. The van der Waals surface area contributed by atoms with Crippen molar-refractivity contribution < 1.29 is 4.74 Å². The molecule has 0 fully saturated rings. The second kappa shape index (κ2) is 5.94. The van der Waals surface area contributed by atoms with Crippen molar-refractivity contribution in [2.75, 3.05) is 18.6 Å². The molecule has 0 N–H and O–H groups in total. The number of aromatic nitrogens is 2. The lowest BCUT2D eigenvalue weighted by atomic mass is 10.0. The molecule has 1 aliphatic rings. The molecule has 1 aromatic carbocycles. The average Bonchev–Trinajstić information content (AvgIpc) is 2.96. The molecule has 3 aromatic rings. The van der Waals surface area contributed by atoms with Crippen LogP contribution in [0.4, 0.5) is 5.69 Å². The van der Waals surface area contributed by atoms with Gasteiger partial charge in [0, 0.05) is 23.7 Å². The van der Waals surface area contributed by atoms with E-state index in [1.54, 1.807) is 17.6 Å². The van der Waals surface area contributed by atoms with Crippen LogP contribution in [-0.4, -0.2) is 23.0 Å². The highest BCUT2D eigenvalue weighted by Gasteiger charge is 2.21. The fourth-order valence-corrected chi connectivity index (χ4v) is 4.29. The third kappa shape index (κ3) is 2.47. The standard InChI is InChI=1S/C18H19N3O2S/c1-12-11-24-18-19-14(9-16(22)21(12)18)10-20-8-4-6-13-5-3-7-15(23-2)17(13)20/h3,5,7,9,11H,4,6,8,10H2,1-2H3. The molecule has 0 amide bonds. The molecule has 1 aliphatic heterocycles. The summed E-state index contributed by atoms with van der Waals surface area (Å²) in [5.41, 5.74) is 4.16. The molecule has 3 heterocycles. The second-order valence-electron chi connectivity index (χ2n) is 6.07. The first-order valence-electron chi connectivity index (χ1n) is 8.05. The topological polar surface area (TPSA) is 46.8 Å². The molecule has 0 radical (unpaired) electrons. The maximum Gasteiger partial charge on any atom is 0.259 e. The molecule has 5 nitrogen and oxygen atoms in total. The number of nitrogens with zero attached hydrogens (tertiary/aromatic N) is 3. The summed E-state index contributed by atoms with van der Waals surface area (Å²) in [6, 6.07) is 7.83. The van der Waals surface area contributed by atoms with Gasteiger partial charge in [0.1, 0.15) is 5.75 Å². The molecule has 0 spiro atoms. The highest BCUT2D eigenvalue weighted by molar-refractivity contribution is 7.15. The monoisotopic (exact) mass is 341 g/mol. The minimum atomic E-state index is -0.00832. The van der Waals surface area contributed by atoms with E-state index in [1.165, 1.54) is 16.9 Å². The molecule has 2 aromatic heterocycles. The molecule has 0 bridgehead atoms. The molecular formula is C18H19N3O2S. The van der Waals surface area contributed by atoms with E-state index in [0.717, 1.165) is 47.2 Å². The van der Waals surface area contributed by atoms with Gasteiger partial charge in [-0.25, -0.2) is 4.98 Å². The number of fused-ring (bicyclic) bond motifs is 2. The van der Waals surface area contributed by atoms with Crippen molar-refractivity contribution in [3.63, 3.8) is 0 Å². The van der Waals surface area contributed by atoms with E-state index in [-0.39, 0.29) is 5.56 Å². The van der Waals surface area contributed by atoms with Crippen LogP contribution in [-0.2, 0) is 13.0 Å². The van der Waals surface area contributed by atoms with E-state index in [1.807, 2.05) is 24.4 Å². The zero-order valence-corrected chi connectivity index (χ0v) is 14.6. The van der Waals surface area contributed by atoms with Crippen LogP contribution in [0.1, 0.15) is 23.4 Å². The highest BCUT2D eigenvalue weighted by atomic mass is 32.1. The van der Waals surface area contributed by atoms with E-state index in [9.17, 15) is 4.79 Å². The van der Waals surface area contributed by atoms with Gasteiger partial charge in [0.15, 0.2) is 4.96 Å². The Kier molecular flexibility index (Phi) is 3.76. The molecule has 24 heavy (non-hydrogen) atoms. The van der Waals surface area contributed by atoms with Crippen LogP contribution in [0.2, 0.25) is 0 Å². The van der Waals surface area contributed by atoms with Crippen LogP contribution in [0.3, 0.4) is 0 Å². The van der Waals surface area contributed by atoms with Crippen molar-refractivity contribution in [3.05, 3.63) is 57.0 Å². The summed E-state index contributed by atoms with van der Waals surface area (Å²) in [5.74, 6) is 0.886. The van der Waals surface area contributed by atoms with E-state index >= 15 is 0 Å². The number of methoxy groups -OCH3 is 1. The number of ether oxygens (including phenoxy) is 1. The second-order valence-corrected chi connectivity index (χ2v) is 6.91. The van der Waals surface area contributed by atoms with Crippen LogP contribution < -0.4 is 15.2 Å². The molecule has 4 rings (SSSR count). The summed E-state index contributed by atoms with van der Waals surface area (Å²) in [7, 11) is 1.70. The van der Waals surface area contributed by atoms with Gasteiger partial charge in [-0.05, 0) is 31.4 Å². The molecule has 6 heteroatoms. The normalized spacial score (nSPS) is 14.0. The molecule has 0 saturated heterocycles. The average molecular weight is 341 g/mol. The number of para-hydroxylation sites is 1. The fraction of sp³-hybridized carbons (Fsp3) is 0.333. The van der Waals surface area contributed by atoms with Crippen LogP contribution in [0.25, 0.3) is 4.96 Å². The minimum Gasteiger partial charge on any atom is -0.495 e. The zero-order valence-electron chi connectivity index (χ0n) is 13.8. The zero-order chi connectivity index (χ0) is 16.7. The van der Waals surface area contributed by atoms with E-state index in [2.05, 4.69) is 16.0 Å². The number of hydrogen-bond donors (Lipinski definition) is 0. The van der Waals surface area contributed by atoms with Gasteiger partial charge in [0.2, 0.25) is 0 Å². The third-order valence-electron chi connectivity index (χ3n) is 4.47. The van der Waals surface area contributed by atoms with Gasteiger partial charge in [-0.1, -0.05) is 12.1 Å². The Bertz CT molecular complexity index is 946. The molecule has 0 unspecified atom stereocenters. The molecule has 0 saturated carbocycles. The Morgan fingerprint density at radius 2 is 2.25 bits per heavy atom. The smallest absolute Gasteiger partial charge is 0.259 e. The largest absolute Gasteiger partial charge is 0.495 e. The lowest BCUT2D eigenvalue weighted by molar-refractivity contribution is 0.412. The minimum absolute atomic E-state index is 0.00832. The number of benzene rings is 1. The van der Waals surface area contributed by atoms with E-state index < -0.39 is 0 Å². The lowest BCUT2D eigenvalue weighted by Gasteiger charge is -2.32. The quantitative estimate of drug-likeness (QED) is 0.735. The van der Waals surface area contributed by atoms with Gasteiger partial charge >= 0.3 is 0 Å². The Labute approximate surface area is 144 Å². The predicted molar refractivity (Wildman–Crippen MR) is 96.4 cm³/mol. The first kappa shape index (κ1) is 15.2. The predicted octanol–water partition coefficient (Wildman–Crippen LogP) is 3.03.